The molecule has 2 aromatic heterocycles. The number of methoxy groups -OCH3 is 2. The molecule has 2 N–H and O–H groups in total. The van der Waals surface area contributed by atoms with Gasteiger partial charge in [0.1, 0.15) is 11.3 Å². The Kier molecular flexibility index (Phi) is 6.82. The van der Waals surface area contributed by atoms with Gasteiger partial charge in [-0.2, -0.15) is 4.98 Å². The number of para-hydroxylation sites is 1. The van der Waals surface area contributed by atoms with Crippen molar-refractivity contribution in [1.29, 1.82) is 0 Å². The summed E-state index contributed by atoms with van der Waals surface area (Å²) in [4.78, 5) is 26.5. The summed E-state index contributed by atoms with van der Waals surface area (Å²) < 4.78 is 12.6. The third-order valence-electron chi connectivity index (χ3n) is 6.61. The molecule has 0 bridgehead atoms. The van der Waals surface area contributed by atoms with E-state index in [0.717, 1.165) is 48.6 Å². The highest BCUT2D eigenvalue weighted by atomic mass is 16.5. The first-order valence-corrected chi connectivity index (χ1v) is 12.1. The van der Waals surface area contributed by atoms with Crippen LogP contribution in [0.4, 0.5) is 28.8 Å². The van der Waals surface area contributed by atoms with Crippen LogP contribution in [0.15, 0.2) is 54.7 Å². The maximum Gasteiger partial charge on any atom is 0.339 e. The number of piperazine rings is 1. The van der Waals surface area contributed by atoms with Gasteiger partial charge in [-0.25, -0.2) is 9.78 Å². The lowest BCUT2D eigenvalue weighted by atomic mass is 10.2. The molecule has 192 valence electrons. The van der Waals surface area contributed by atoms with E-state index < -0.39 is 5.97 Å². The van der Waals surface area contributed by atoms with E-state index in [0.29, 0.717) is 28.8 Å². The van der Waals surface area contributed by atoms with Crippen molar-refractivity contribution >= 4 is 45.8 Å². The van der Waals surface area contributed by atoms with E-state index in [9.17, 15) is 4.79 Å². The molecule has 10 heteroatoms. The molecule has 5 rings (SSSR count). The Morgan fingerprint density at radius 1 is 0.919 bits per heavy atom. The van der Waals surface area contributed by atoms with Gasteiger partial charge in [0.05, 0.1) is 36.7 Å². The Morgan fingerprint density at radius 3 is 2.46 bits per heavy atom. The highest BCUT2D eigenvalue weighted by Crippen LogP contribution is 2.33. The van der Waals surface area contributed by atoms with Gasteiger partial charge >= 0.3 is 5.97 Å². The average Bonchev–Trinajstić information content (AvgIpc) is 3.30. The van der Waals surface area contributed by atoms with Crippen molar-refractivity contribution in [3.8, 4) is 5.75 Å². The van der Waals surface area contributed by atoms with Gasteiger partial charge in [-0.1, -0.05) is 12.1 Å². The second-order valence-electron chi connectivity index (χ2n) is 9.02. The van der Waals surface area contributed by atoms with Crippen molar-refractivity contribution in [3.05, 3.63) is 60.3 Å². The van der Waals surface area contributed by atoms with Crippen LogP contribution in [0.5, 0.6) is 5.75 Å². The Bertz CT molecular complexity index is 1430. The monoisotopic (exact) mass is 501 g/mol. The largest absolute Gasteiger partial charge is 0.494 e. The van der Waals surface area contributed by atoms with Gasteiger partial charge in [0.15, 0.2) is 5.82 Å². The minimum Gasteiger partial charge on any atom is -0.494 e. The highest BCUT2D eigenvalue weighted by molar-refractivity contribution is 5.98. The lowest BCUT2D eigenvalue weighted by molar-refractivity contribution is 0.0602. The Hall–Kier alpha value is -4.31. The number of nitrogens with one attached hydrogen (secondary N) is 2. The number of anilines is 5. The number of nitrogens with zero attached hydrogens (tertiary/aromatic N) is 5. The summed E-state index contributed by atoms with van der Waals surface area (Å²) in [5, 5.41) is 6.64. The zero-order chi connectivity index (χ0) is 25.9. The van der Waals surface area contributed by atoms with Crippen LogP contribution in [0, 0.1) is 0 Å². The van der Waals surface area contributed by atoms with Gasteiger partial charge < -0.3 is 34.5 Å². The zero-order valence-corrected chi connectivity index (χ0v) is 21.5. The van der Waals surface area contributed by atoms with Crippen LogP contribution in [0.2, 0.25) is 0 Å². The minimum atomic E-state index is -0.427. The normalized spacial score (nSPS) is 14.0. The number of hydrogen-bond donors (Lipinski definition) is 2. The predicted octanol–water partition coefficient (Wildman–Crippen LogP) is 4.00. The van der Waals surface area contributed by atoms with E-state index in [4.69, 9.17) is 19.4 Å². The second kappa shape index (κ2) is 10.4. The maximum absolute atomic E-state index is 12.3. The van der Waals surface area contributed by atoms with Crippen LogP contribution < -0.4 is 20.3 Å². The van der Waals surface area contributed by atoms with Crippen LogP contribution in [0.3, 0.4) is 0 Å². The number of aryl methyl sites for hydroxylation is 1. The highest BCUT2D eigenvalue weighted by Gasteiger charge is 2.18. The number of aromatic nitrogens is 3. The number of fused-ring (bicyclic) bond motifs is 1. The summed E-state index contributed by atoms with van der Waals surface area (Å²) in [6.07, 6.45) is 1.92. The molecular formula is C27H31N7O3. The summed E-state index contributed by atoms with van der Waals surface area (Å²) in [7, 11) is 7.10. The first-order valence-electron chi connectivity index (χ1n) is 12.1. The van der Waals surface area contributed by atoms with Crippen LogP contribution in [-0.2, 0) is 11.8 Å². The summed E-state index contributed by atoms with van der Waals surface area (Å²) in [6, 6.07) is 15.2. The van der Waals surface area contributed by atoms with Gasteiger partial charge in [0, 0.05) is 51.2 Å². The molecule has 0 radical (unpaired) electrons. The van der Waals surface area contributed by atoms with Crippen LogP contribution >= 0.6 is 0 Å². The van der Waals surface area contributed by atoms with Gasteiger partial charge in [-0.15, -0.1) is 0 Å². The second-order valence-corrected chi connectivity index (χ2v) is 9.02. The minimum absolute atomic E-state index is 0.405. The van der Waals surface area contributed by atoms with E-state index in [1.807, 2.05) is 48.1 Å². The van der Waals surface area contributed by atoms with Gasteiger partial charge in [0.2, 0.25) is 5.95 Å². The zero-order valence-electron chi connectivity index (χ0n) is 21.5. The SMILES string of the molecule is COC(=O)c1ccccc1Nc1nc(Nc2ccc(N3CCN(C)CC3)cc2OC)nc2ccn(C)c12. The van der Waals surface area contributed by atoms with Gasteiger partial charge in [-0.05, 0) is 37.4 Å². The maximum atomic E-state index is 12.3. The van der Waals surface area contributed by atoms with Crippen molar-refractivity contribution < 1.29 is 14.3 Å². The van der Waals surface area contributed by atoms with Crippen molar-refractivity contribution in [2.45, 2.75) is 0 Å². The summed E-state index contributed by atoms with van der Waals surface area (Å²) in [6.45, 7) is 4.01. The first kappa shape index (κ1) is 24.4. The summed E-state index contributed by atoms with van der Waals surface area (Å²) in [5.74, 6) is 1.24. The van der Waals surface area contributed by atoms with Crippen molar-refractivity contribution in [3.63, 3.8) is 0 Å². The van der Waals surface area contributed by atoms with Crippen LogP contribution in [-0.4, -0.2) is 72.9 Å². The Balaban J connectivity index is 1.47. The molecule has 0 unspecified atom stereocenters. The van der Waals surface area contributed by atoms with Crippen LogP contribution in [0.25, 0.3) is 11.0 Å². The molecule has 37 heavy (non-hydrogen) atoms. The molecule has 0 aliphatic carbocycles. The Labute approximate surface area is 215 Å². The molecule has 0 atom stereocenters. The van der Waals surface area contributed by atoms with Crippen molar-refractivity contribution in [2.24, 2.45) is 7.05 Å². The molecule has 3 heterocycles. The number of carbonyl (C=O) groups excluding carboxylic acids is 1. The molecule has 4 aromatic rings. The van der Waals surface area contributed by atoms with E-state index >= 15 is 0 Å². The molecule has 0 spiro atoms. The predicted molar refractivity (Wildman–Crippen MR) is 146 cm³/mol. The fourth-order valence-corrected chi connectivity index (χ4v) is 4.51. The third-order valence-corrected chi connectivity index (χ3v) is 6.61. The third kappa shape index (κ3) is 5.01. The van der Waals surface area contributed by atoms with Crippen molar-refractivity contribution in [2.75, 3.05) is 63.0 Å². The van der Waals surface area contributed by atoms with E-state index in [-0.39, 0.29) is 0 Å². The fraction of sp³-hybridized carbons (Fsp3) is 0.296. The molecule has 1 aliphatic rings. The summed E-state index contributed by atoms with van der Waals surface area (Å²) in [5.41, 5.74) is 4.46. The van der Waals surface area contributed by atoms with E-state index in [1.165, 1.54) is 7.11 Å². The fourth-order valence-electron chi connectivity index (χ4n) is 4.51. The summed E-state index contributed by atoms with van der Waals surface area (Å²) >= 11 is 0. The number of hydrogen-bond acceptors (Lipinski definition) is 9. The van der Waals surface area contributed by atoms with Crippen molar-refractivity contribution in [1.82, 2.24) is 19.4 Å². The van der Waals surface area contributed by atoms with Crippen LogP contribution in [0.1, 0.15) is 10.4 Å². The number of benzene rings is 2. The number of carbonyl (C=O) groups is 1. The number of ether oxygens (including phenoxy) is 2. The molecule has 1 fully saturated rings. The smallest absolute Gasteiger partial charge is 0.339 e. The number of likely N-dealkylation sites (N-methyl/N-ethyl adjacent to an activating group) is 1. The molecule has 1 saturated heterocycles. The average molecular weight is 502 g/mol. The molecule has 2 aromatic carbocycles. The molecular weight excluding hydrogens is 470 g/mol. The number of rotatable bonds is 7. The first-order chi connectivity index (χ1) is 18.0. The van der Waals surface area contributed by atoms with E-state index in [1.54, 1.807) is 19.2 Å². The standard InChI is InChI=1S/C27H31N7O3/c1-32-13-15-34(16-14-32)18-9-10-21(23(17-18)36-3)29-27-30-22-11-12-33(2)24(22)25(31-27)28-20-8-6-5-7-19(20)26(35)37-4/h5-12,17H,13-16H2,1-4H3,(H2,28,29,30,31). The number of esters is 1. The van der Waals surface area contributed by atoms with Gasteiger partial charge in [-0.3, -0.25) is 0 Å². The lowest BCUT2D eigenvalue weighted by Gasteiger charge is -2.34. The molecule has 10 nitrogen and oxygen atoms in total. The molecule has 0 saturated carbocycles. The molecule has 0 amide bonds. The molecule has 1 aliphatic heterocycles. The Morgan fingerprint density at radius 2 is 1.70 bits per heavy atom. The topological polar surface area (TPSA) is 96.8 Å². The van der Waals surface area contributed by atoms with Gasteiger partial charge in [0.25, 0.3) is 0 Å². The lowest BCUT2D eigenvalue weighted by Crippen LogP contribution is -2.44. The quantitative estimate of drug-likeness (QED) is 0.364. The van der Waals surface area contributed by atoms with E-state index in [2.05, 4.69) is 33.5 Å².